The van der Waals surface area contributed by atoms with Crippen molar-refractivity contribution >= 4 is 17.7 Å². The monoisotopic (exact) mass is 341 g/mol. The van der Waals surface area contributed by atoms with Gasteiger partial charge in [0.1, 0.15) is 5.56 Å². The number of nitrogens with zero attached hydrogens (tertiary/aromatic N) is 2. The van der Waals surface area contributed by atoms with Crippen molar-refractivity contribution in [2.75, 3.05) is 5.75 Å². The summed E-state index contributed by atoms with van der Waals surface area (Å²) in [5.41, 5.74) is 2.38. The van der Waals surface area contributed by atoms with Crippen molar-refractivity contribution in [3.05, 3.63) is 57.5 Å². The second-order valence-electron chi connectivity index (χ2n) is 6.23. The molecule has 1 amide bonds. The Morgan fingerprint density at radius 2 is 2.17 bits per heavy atom. The van der Waals surface area contributed by atoms with Crippen LogP contribution < -0.4 is 10.9 Å². The zero-order valence-electron chi connectivity index (χ0n) is 13.3. The molecule has 0 radical (unpaired) electrons. The fraction of sp³-hybridized carbons (Fsp3) is 0.389. The Bertz CT molecular complexity index is 846. The number of amides is 1. The van der Waals surface area contributed by atoms with Gasteiger partial charge in [0.2, 0.25) is 0 Å². The summed E-state index contributed by atoms with van der Waals surface area (Å²) in [6.45, 7) is 0.624. The lowest BCUT2D eigenvalue weighted by Crippen LogP contribution is -2.35. The quantitative estimate of drug-likeness (QED) is 0.673. The summed E-state index contributed by atoms with van der Waals surface area (Å²) in [6.07, 6.45) is 5.56. The Labute approximate surface area is 144 Å². The largest absolute Gasteiger partial charge is 0.345 e. The van der Waals surface area contributed by atoms with Crippen LogP contribution in [0.4, 0.5) is 0 Å². The van der Waals surface area contributed by atoms with Gasteiger partial charge in [-0.25, -0.2) is 4.98 Å². The zero-order chi connectivity index (χ0) is 16.5. The number of nitrogens with one attached hydrogen (secondary N) is 1. The number of benzene rings is 1. The first-order valence-electron chi connectivity index (χ1n) is 8.35. The molecule has 1 aromatic heterocycles. The number of hydrogen-bond donors (Lipinski definition) is 1. The Morgan fingerprint density at radius 3 is 3.08 bits per heavy atom. The van der Waals surface area contributed by atoms with E-state index in [1.54, 1.807) is 16.3 Å². The van der Waals surface area contributed by atoms with Crippen molar-refractivity contribution < 1.29 is 4.79 Å². The lowest BCUT2D eigenvalue weighted by atomic mass is 9.99. The van der Waals surface area contributed by atoms with E-state index < -0.39 is 0 Å². The second kappa shape index (κ2) is 6.43. The van der Waals surface area contributed by atoms with Crippen molar-refractivity contribution in [3.8, 4) is 0 Å². The average Bonchev–Trinajstić information content (AvgIpc) is 2.99. The van der Waals surface area contributed by atoms with Gasteiger partial charge in [-0.3, -0.25) is 14.2 Å². The number of hydrogen-bond acceptors (Lipinski definition) is 4. The highest BCUT2D eigenvalue weighted by Gasteiger charge is 2.24. The number of fused-ring (bicyclic) bond motifs is 2. The minimum Gasteiger partial charge on any atom is -0.345 e. The van der Waals surface area contributed by atoms with Crippen LogP contribution in [0.25, 0.3) is 0 Å². The Balaban J connectivity index is 1.62. The van der Waals surface area contributed by atoms with Crippen LogP contribution in [0.15, 0.2) is 40.4 Å². The average molecular weight is 341 g/mol. The molecule has 0 saturated carbocycles. The molecule has 0 fully saturated rings. The third-order valence-electron chi connectivity index (χ3n) is 4.73. The third-order valence-corrected chi connectivity index (χ3v) is 5.70. The summed E-state index contributed by atoms with van der Waals surface area (Å²) in [5, 5.41) is 3.77. The molecule has 124 valence electrons. The van der Waals surface area contributed by atoms with Crippen molar-refractivity contribution in [2.45, 2.75) is 43.4 Å². The van der Waals surface area contributed by atoms with E-state index in [2.05, 4.69) is 22.4 Å². The Kier molecular flexibility index (Phi) is 4.14. The molecule has 1 atom stereocenters. The van der Waals surface area contributed by atoms with Gasteiger partial charge in [0, 0.05) is 18.5 Å². The van der Waals surface area contributed by atoms with Crippen molar-refractivity contribution in [3.63, 3.8) is 0 Å². The van der Waals surface area contributed by atoms with E-state index in [1.165, 1.54) is 17.3 Å². The fourth-order valence-electron chi connectivity index (χ4n) is 3.48. The third kappa shape index (κ3) is 2.75. The lowest BCUT2D eigenvalue weighted by molar-refractivity contribution is 0.0931. The molecule has 5 nitrogen and oxygen atoms in total. The molecule has 0 unspecified atom stereocenters. The SMILES string of the molecule is O=C(N[C@@H]1CCCCc2ccccc21)c1cnc2n(c1=O)CCS2. The molecular weight excluding hydrogens is 322 g/mol. The highest BCUT2D eigenvalue weighted by Crippen LogP contribution is 2.28. The van der Waals surface area contributed by atoms with E-state index >= 15 is 0 Å². The Morgan fingerprint density at radius 1 is 1.29 bits per heavy atom. The van der Waals surface area contributed by atoms with E-state index in [0.29, 0.717) is 11.7 Å². The van der Waals surface area contributed by atoms with Gasteiger partial charge in [0.25, 0.3) is 11.5 Å². The predicted octanol–water partition coefficient (Wildman–Crippen LogP) is 2.55. The molecule has 6 heteroatoms. The van der Waals surface area contributed by atoms with Crippen molar-refractivity contribution in [1.82, 2.24) is 14.9 Å². The van der Waals surface area contributed by atoms with E-state index in [9.17, 15) is 9.59 Å². The van der Waals surface area contributed by atoms with Gasteiger partial charge in [-0.2, -0.15) is 0 Å². The maximum absolute atomic E-state index is 12.7. The topological polar surface area (TPSA) is 64.0 Å². The van der Waals surface area contributed by atoms with Crippen LogP contribution in [0.3, 0.4) is 0 Å². The summed E-state index contributed by atoms with van der Waals surface area (Å²) in [6, 6.07) is 8.21. The van der Waals surface area contributed by atoms with Gasteiger partial charge in [-0.15, -0.1) is 0 Å². The van der Waals surface area contributed by atoms with Crippen LogP contribution >= 0.6 is 11.8 Å². The summed E-state index contributed by atoms with van der Waals surface area (Å²) in [7, 11) is 0. The normalized spacial score (nSPS) is 19.2. The summed E-state index contributed by atoms with van der Waals surface area (Å²) in [4.78, 5) is 29.5. The first-order valence-corrected chi connectivity index (χ1v) is 9.34. The summed E-state index contributed by atoms with van der Waals surface area (Å²) < 4.78 is 1.60. The molecule has 4 rings (SSSR count). The second-order valence-corrected chi connectivity index (χ2v) is 7.29. The number of aryl methyl sites for hydroxylation is 1. The van der Waals surface area contributed by atoms with Crippen LogP contribution in [0, 0.1) is 0 Å². The first kappa shape index (κ1) is 15.4. The molecule has 1 aliphatic carbocycles. The molecule has 0 spiro atoms. The maximum Gasteiger partial charge on any atom is 0.267 e. The number of thioether (sulfide) groups is 1. The number of carbonyl (C=O) groups excluding carboxylic acids is 1. The lowest BCUT2D eigenvalue weighted by Gasteiger charge is -2.19. The number of aromatic nitrogens is 2. The Hall–Kier alpha value is -2.08. The van der Waals surface area contributed by atoms with E-state index in [-0.39, 0.29) is 23.1 Å². The van der Waals surface area contributed by atoms with E-state index in [0.717, 1.165) is 31.4 Å². The van der Waals surface area contributed by atoms with Gasteiger partial charge in [0.05, 0.1) is 6.04 Å². The van der Waals surface area contributed by atoms with Gasteiger partial charge >= 0.3 is 0 Å². The van der Waals surface area contributed by atoms with E-state index in [4.69, 9.17) is 0 Å². The van der Waals surface area contributed by atoms with Gasteiger partial charge in [-0.1, -0.05) is 42.4 Å². The number of rotatable bonds is 2. The van der Waals surface area contributed by atoms with Gasteiger partial charge in [-0.05, 0) is 30.4 Å². The molecule has 0 bridgehead atoms. The minimum absolute atomic E-state index is 0.0387. The van der Waals surface area contributed by atoms with Crippen molar-refractivity contribution in [2.24, 2.45) is 0 Å². The summed E-state index contributed by atoms with van der Waals surface area (Å²) in [5.74, 6) is 0.518. The van der Waals surface area contributed by atoms with Crippen LogP contribution in [0.5, 0.6) is 0 Å². The standard InChI is InChI=1S/C18H19N3O2S/c22-16(14-11-19-18-21(17(14)23)9-10-24-18)20-15-8-4-2-6-12-5-1-3-7-13(12)15/h1,3,5,7,11,15H,2,4,6,8-10H2,(H,20,22)/t15-/m1/s1. The molecule has 2 heterocycles. The maximum atomic E-state index is 12.7. The molecule has 1 N–H and O–H groups in total. The van der Waals surface area contributed by atoms with Crippen LogP contribution in [0.2, 0.25) is 0 Å². The molecule has 1 aromatic carbocycles. The number of carbonyl (C=O) groups is 1. The van der Waals surface area contributed by atoms with Crippen LogP contribution in [0.1, 0.15) is 46.8 Å². The molecule has 2 aliphatic rings. The highest BCUT2D eigenvalue weighted by atomic mass is 32.2. The van der Waals surface area contributed by atoms with Crippen LogP contribution in [-0.4, -0.2) is 21.2 Å². The summed E-state index contributed by atoms with van der Waals surface area (Å²) >= 11 is 1.55. The fourth-order valence-corrected chi connectivity index (χ4v) is 4.39. The first-order chi connectivity index (χ1) is 11.7. The zero-order valence-corrected chi connectivity index (χ0v) is 14.1. The minimum atomic E-state index is -0.318. The van der Waals surface area contributed by atoms with E-state index in [1.807, 2.05) is 12.1 Å². The molecule has 1 aliphatic heterocycles. The van der Waals surface area contributed by atoms with Gasteiger partial charge in [0.15, 0.2) is 5.16 Å². The highest BCUT2D eigenvalue weighted by molar-refractivity contribution is 7.99. The molecule has 24 heavy (non-hydrogen) atoms. The molecular formula is C18H19N3O2S. The molecule has 2 aromatic rings. The predicted molar refractivity (Wildman–Crippen MR) is 93.4 cm³/mol. The molecule has 0 saturated heterocycles. The smallest absolute Gasteiger partial charge is 0.267 e. The van der Waals surface area contributed by atoms with Crippen LogP contribution in [-0.2, 0) is 13.0 Å². The van der Waals surface area contributed by atoms with Crippen molar-refractivity contribution in [1.29, 1.82) is 0 Å². The van der Waals surface area contributed by atoms with Gasteiger partial charge < -0.3 is 5.32 Å².